The molecule has 0 aliphatic carbocycles. The van der Waals surface area contributed by atoms with Crippen molar-refractivity contribution in [3.63, 3.8) is 0 Å². The van der Waals surface area contributed by atoms with Gasteiger partial charge in [0.1, 0.15) is 0 Å². The summed E-state index contributed by atoms with van der Waals surface area (Å²) in [6.45, 7) is 0.733. The minimum atomic E-state index is -0.541. The highest BCUT2D eigenvalue weighted by Gasteiger charge is 2.11. The van der Waals surface area contributed by atoms with Crippen molar-refractivity contribution in [2.75, 3.05) is 32.2 Å². The number of likely N-dealkylation sites (N-methyl/N-ethyl adjacent to an activating group) is 1. The summed E-state index contributed by atoms with van der Waals surface area (Å²) in [7, 11) is 3.43. The zero-order valence-electron chi connectivity index (χ0n) is 10.1. The monoisotopic (exact) mass is 303 g/mol. The van der Waals surface area contributed by atoms with E-state index in [0.717, 1.165) is 15.7 Å². The highest BCUT2D eigenvalue weighted by atomic mass is 79.9. The van der Waals surface area contributed by atoms with Gasteiger partial charge in [-0.25, -0.2) is 0 Å². The number of halogens is 1. The molecule has 2 N–H and O–H groups in total. The van der Waals surface area contributed by atoms with E-state index in [2.05, 4.69) is 15.9 Å². The summed E-state index contributed by atoms with van der Waals surface area (Å²) in [5.74, 6) is 0. The lowest BCUT2D eigenvalue weighted by Crippen LogP contribution is -2.32. The number of hydrogen-bond donors (Lipinski definition) is 2. The number of nitrogens with zero attached hydrogens (tertiary/aromatic N) is 1. The van der Waals surface area contributed by atoms with Gasteiger partial charge in [-0.15, -0.1) is 0 Å². The number of anilines is 1. The summed E-state index contributed by atoms with van der Waals surface area (Å²) in [5.41, 5.74) is 1.73. The van der Waals surface area contributed by atoms with Crippen LogP contribution >= 0.6 is 15.9 Å². The Bertz CT molecular complexity index is 360. The Morgan fingerprint density at radius 2 is 2.18 bits per heavy atom. The summed E-state index contributed by atoms with van der Waals surface area (Å²) >= 11 is 3.36. The lowest BCUT2D eigenvalue weighted by Gasteiger charge is -2.24. The molecular weight excluding hydrogens is 286 g/mol. The van der Waals surface area contributed by atoms with E-state index < -0.39 is 6.10 Å². The Labute approximate surface area is 110 Å². The molecule has 0 bridgehead atoms. The Balaban J connectivity index is 2.77. The molecule has 0 fully saturated rings. The average Bonchev–Trinajstić information content (AvgIpc) is 2.28. The summed E-state index contributed by atoms with van der Waals surface area (Å²) in [6.07, 6.45) is -0.541. The minimum absolute atomic E-state index is 0.0283. The largest absolute Gasteiger partial charge is 0.392 e. The van der Waals surface area contributed by atoms with Crippen molar-refractivity contribution in [1.82, 2.24) is 0 Å². The first-order valence-electron chi connectivity index (χ1n) is 5.36. The van der Waals surface area contributed by atoms with Crippen molar-refractivity contribution in [1.29, 1.82) is 0 Å². The van der Waals surface area contributed by atoms with Crippen molar-refractivity contribution in [3.8, 4) is 0 Å². The predicted octanol–water partition coefficient (Wildman–Crippen LogP) is 1.38. The molecule has 1 rings (SSSR count). The van der Waals surface area contributed by atoms with Crippen LogP contribution in [0.25, 0.3) is 0 Å². The molecule has 17 heavy (non-hydrogen) atoms. The van der Waals surface area contributed by atoms with Gasteiger partial charge in [-0.05, 0) is 18.2 Å². The van der Waals surface area contributed by atoms with Crippen LogP contribution in [0.15, 0.2) is 22.7 Å². The van der Waals surface area contributed by atoms with E-state index >= 15 is 0 Å². The maximum absolute atomic E-state index is 9.66. The second-order valence-corrected chi connectivity index (χ2v) is 4.84. The molecule has 0 amide bonds. The van der Waals surface area contributed by atoms with Crippen LogP contribution < -0.4 is 4.90 Å². The Morgan fingerprint density at radius 1 is 1.47 bits per heavy atom. The van der Waals surface area contributed by atoms with E-state index in [1.54, 1.807) is 7.11 Å². The van der Waals surface area contributed by atoms with Gasteiger partial charge in [0.15, 0.2) is 0 Å². The van der Waals surface area contributed by atoms with Gasteiger partial charge in [-0.1, -0.05) is 15.9 Å². The number of rotatable bonds is 6. The van der Waals surface area contributed by atoms with E-state index in [1.807, 2.05) is 30.1 Å². The van der Waals surface area contributed by atoms with Crippen LogP contribution in [-0.4, -0.2) is 43.6 Å². The van der Waals surface area contributed by atoms with E-state index in [-0.39, 0.29) is 6.61 Å². The van der Waals surface area contributed by atoms with Crippen LogP contribution in [-0.2, 0) is 11.3 Å². The third-order valence-electron chi connectivity index (χ3n) is 2.47. The van der Waals surface area contributed by atoms with E-state index in [9.17, 15) is 10.2 Å². The first-order chi connectivity index (χ1) is 8.08. The number of methoxy groups -OCH3 is 1. The molecule has 1 aromatic carbocycles. The highest BCUT2D eigenvalue weighted by molar-refractivity contribution is 9.10. The van der Waals surface area contributed by atoms with Crippen molar-refractivity contribution >= 4 is 21.6 Å². The van der Waals surface area contributed by atoms with Gasteiger partial charge in [0.2, 0.25) is 0 Å². The number of aliphatic hydroxyl groups excluding tert-OH is 2. The van der Waals surface area contributed by atoms with Crippen molar-refractivity contribution in [3.05, 3.63) is 28.2 Å². The molecule has 96 valence electrons. The maximum Gasteiger partial charge on any atom is 0.0947 e. The predicted molar refractivity (Wildman–Crippen MR) is 71.2 cm³/mol. The van der Waals surface area contributed by atoms with E-state index in [4.69, 9.17) is 4.74 Å². The number of benzene rings is 1. The van der Waals surface area contributed by atoms with Crippen LogP contribution in [0.5, 0.6) is 0 Å². The van der Waals surface area contributed by atoms with Crippen molar-refractivity contribution < 1.29 is 14.9 Å². The van der Waals surface area contributed by atoms with Crippen LogP contribution in [0.1, 0.15) is 5.56 Å². The molecule has 0 heterocycles. The molecule has 0 saturated heterocycles. The number of hydrogen-bond acceptors (Lipinski definition) is 4. The molecule has 0 saturated carbocycles. The maximum atomic E-state index is 9.66. The van der Waals surface area contributed by atoms with E-state index in [0.29, 0.717) is 13.2 Å². The Hall–Kier alpha value is -0.620. The second kappa shape index (κ2) is 6.96. The second-order valence-electron chi connectivity index (χ2n) is 3.92. The third kappa shape index (κ3) is 4.27. The van der Waals surface area contributed by atoms with Gasteiger partial charge in [0, 0.05) is 36.4 Å². The minimum Gasteiger partial charge on any atom is -0.392 e. The topological polar surface area (TPSA) is 52.9 Å². The first-order valence-corrected chi connectivity index (χ1v) is 6.15. The molecule has 5 heteroatoms. The van der Waals surface area contributed by atoms with Crippen molar-refractivity contribution in [2.45, 2.75) is 12.7 Å². The van der Waals surface area contributed by atoms with Gasteiger partial charge in [-0.2, -0.15) is 0 Å². The van der Waals surface area contributed by atoms with Crippen LogP contribution in [0.3, 0.4) is 0 Å². The quantitative estimate of drug-likeness (QED) is 0.834. The molecular formula is C12H18BrNO3. The third-order valence-corrected chi connectivity index (χ3v) is 2.96. The SMILES string of the molecule is COCC(O)CN(C)c1ccc(Br)cc1CO. The zero-order chi connectivity index (χ0) is 12.8. The summed E-state index contributed by atoms with van der Waals surface area (Å²) < 4.78 is 5.81. The van der Waals surface area contributed by atoms with Crippen LogP contribution in [0, 0.1) is 0 Å². The lowest BCUT2D eigenvalue weighted by molar-refractivity contribution is 0.0694. The van der Waals surface area contributed by atoms with Crippen LogP contribution in [0.4, 0.5) is 5.69 Å². The summed E-state index contributed by atoms with van der Waals surface area (Å²) in [4.78, 5) is 1.90. The molecule has 0 aromatic heterocycles. The fourth-order valence-corrected chi connectivity index (χ4v) is 2.12. The van der Waals surface area contributed by atoms with Gasteiger partial charge in [0.25, 0.3) is 0 Å². The molecule has 0 aliphatic rings. The van der Waals surface area contributed by atoms with Gasteiger partial charge >= 0.3 is 0 Å². The molecule has 4 nitrogen and oxygen atoms in total. The van der Waals surface area contributed by atoms with Crippen LogP contribution in [0.2, 0.25) is 0 Å². The Kier molecular flexibility index (Phi) is 5.91. The van der Waals surface area contributed by atoms with Gasteiger partial charge < -0.3 is 19.8 Å². The fraction of sp³-hybridized carbons (Fsp3) is 0.500. The van der Waals surface area contributed by atoms with Crippen molar-refractivity contribution in [2.24, 2.45) is 0 Å². The van der Waals surface area contributed by atoms with Gasteiger partial charge in [-0.3, -0.25) is 0 Å². The van der Waals surface area contributed by atoms with Gasteiger partial charge in [0.05, 0.1) is 19.3 Å². The molecule has 0 aliphatic heterocycles. The standard InChI is InChI=1S/C12H18BrNO3/c1-14(6-11(16)8-17-2)12-4-3-10(13)5-9(12)7-15/h3-5,11,15-16H,6-8H2,1-2H3. The highest BCUT2D eigenvalue weighted by Crippen LogP contribution is 2.24. The lowest BCUT2D eigenvalue weighted by atomic mass is 10.1. The zero-order valence-corrected chi connectivity index (χ0v) is 11.6. The summed E-state index contributed by atoms with van der Waals surface area (Å²) in [6, 6.07) is 5.69. The smallest absolute Gasteiger partial charge is 0.0947 e. The number of ether oxygens (including phenoxy) is 1. The first kappa shape index (κ1) is 14.4. The number of aliphatic hydroxyl groups is 2. The fourth-order valence-electron chi connectivity index (χ4n) is 1.71. The Morgan fingerprint density at radius 3 is 2.76 bits per heavy atom. The van der Waals surface area contributed by atoms with E-state index in [1.165, 1.54) is 0 Å². The molecule has 0 radical (unpaired) electrons. The summed E-state index contributed by atoms with van der Waals surface area (Å²) in [5, 5.41) is 19.0. The normalized spacial score (nSPS) is 12.5. The average molecular weight is 304 g/mol. The molecule has 1 unspecified atom stereocenters. The molecule has 0 spiro atoms. The molecule has 1 atom stereocenters. The molecule has 1 aromatic rings.